The van der Waals surface area contributed by atoms with Crippen LogP contribution in [0.1, 0.15) is 22.8 Å². The summed E-state index contributed by atoms with van der Waals surface area (Å²) in [6.07, 6.45) is -0.877. The second-order valence-corrected chi connectivity index (χ2v) is 5.83. The lowest BCUT2D eigenvalue weighted by Gasteiger charge is -2.13. The number of ether oxygens (including phenoxy) is 1. The van der Waals surface area contributed by atoms with Crippen molar-refractivity contribution in [1.29, 1.82) is 0 Å². The summed E-state index contributed by atoms with van der Waals surface area (Å²) >= 11 is 3.32. The summed E-state index contributed by atoms with van der Waals surface area (Å²) in [6.45, 7) is 3.48. The molecule has 0 saturated heterocycles. The first-order valence-corrected chi connectivity index (χ1v) is 7.59. The molecule has 2 aromatic rings. The zero-order chi connectivity index (χ0) is 16.1. The Morgan fingerprint density at radius 2 is 1.64 bits per heavy atom. The topological polar surface area (TPSA) is 55.4 Å². The van der Waals surface area contributed by atoms with Crippen molar-refractivity contribution in [2.45, 2.75) is 20.0 Å². The Balaban J connectivity index is 1.94. The summed E-state index contributed by atoms with van der Waals surface area (Å²) in [5.74, 6) is -0.888. The van der Waals surface area contributed by atoms with E-state index in [0.29, 0.717) is 11.3 Å². The van der Waals surface area contributed by atoms with Crippen molar-refractivity contribution in [3.63, 3.8) is 0 Å². The van der Waals surface area contributed by atoms with Gasteiger partial charge in [0.15, 0.2) is 6.10 Å². The normalized spacial score (nSPS) is 11.6. The van der Waals surface area contributed by atoms with Gasteiger partial charge in [0.05, 0.1) is 5.56 Å². The minimum atomic E-state index is -0.877. The number of hydrogen-bond donors (Lipinski definition) is 1. The van der Waals surface area contributed by atoms with Gasteiger partial charge in [-0.1, -0.05) is 33.6 Å². The molecule has 2 aromatic carbocycles. The molecule has 1 N–H and O–H groups in total. The van der Waals surface area contributed by atoms with Crippen molar-refractivity contribution < 1.29 is 14.3 Å². The summed E-state index contributed by atoms with van der Waals surface area (Å²) in [5, 5.41) is 2.70. The number of anilines is 1. The van der Waals surface area contributed by atoms with Crippen LogP contribution < -0.4 is 5.32 Å². The molecule has 0 fully saturated rings. The van der Waals surface area contributed by atoms with Crippen LogP contribution in [-0.4, -0.2) is 18.0 Å². The molecule has 0 spiro atoms. The van der Waals surface area contributed by atoms with Gasteiger partial charge >= 0.3 is 5.97 Å². The molecule has 0 aliphatic carbocycles. The summed E-state index contributed by atoms with van der Waals surface area (Å²) in [7, 11) is 0. The minimum Gasteiger partial charge on any atom is -0.449 e. The zero-order valence-electron chi connectivity index (χ0n) is 12.3. The number of amides is 1. The molecule has 0 saturated carbocycles. The van der Waals surface area contributed by atoms with Crippen LogP contribution in [-0.2, 0) is 9.53 Å². The first-order valence-electron chi connectivity index (χ1n) is 6.80. The molecule has 0 unspecified atom stereocenters. The van der Waals surface area contributed by atoms with Gasteiger partial charge in [-0.25, -0.2) is 4.79 Å². The second kappa shape index (κ2) is 7.22. The molecule has 0 bridgehead atoms. The van der Waals surface area contributed by atoms with E-state index < -0.39 is 12.1 Å². The van der Waals surface area contributed by atoms with Crippen molar-refractivity contribution >= 4 is 33.5 Å². The van der Waals surface area contributed by atoms with Crippen molar-refractivity contribution in [3.05, 3.63) is 64.1 Å². The highest BCUT2D eigenvalue weighted by Gasteiger charge is 2.18. The van der Waals surface area contributed by atoms with Crippen LogP contribution in [0.3, 0.4) is 0 Å². The molecular weight excluding hydrogens is 346 g/mol. The van der Waals surface area contributed by atoms with Crippen LogP contribution in [0.2, 0.25) is 0 Å². The average molecular weight is 362 g/mol. The summed E-state index contributed by atoms with van der Waals surface area (Å²) in [5.41, 5.74) is 2.12. The van der Waals surface area contributed by atoms with Crippen molar-refractivity contribution in [2.75, 3.05) is 5.32 Å². The Morgan fingerprint density at radius 3 is 2.23 bits per heavy atom. The molecule has 4 nitrogen and oxygen atoms in total. The number of esters is 1. The van der Waals surface area contributed by atoms with Crippen LogP contribution in [0.5, 0.6) is 0 Å². The molecular formula is C17H16BrNO3. The molecule has 114 valence electrons. The SMILES string of the molecule is Cc1ccc(C(=O)O[C@H](C)C(=O)Nc2ccc(Br)cc2)cc1. The van der Waals surface area contributed by atoms with Gasteiger partial charge in [0, 0.05) is 10.2 Å². The monoisotopic (exact) mass is 361 g/mol. The van der Waals surface area contributed by atoms with Gasteiger partial charge in [-0.3, -0.25) is 4.79 Å². The fourth-order valence-electron chi connectivity index (χ4n) is 1.75. The van der Waals surface area contributed by atoms with E-state index in [1.165, 1.54) is 0 Å². The number of carbonyl (C=O) groups is 2. The lowest BCUT2D eigenvalue weighted by Crippen LogP contribution is -2.29. The third-order valence-corrected chi connectivity index (χ3v) is 3.58. The fourth-order valence-corrected chi connectivity index (χ4v) is 2.01. The first kappa shape index (κ1) is 16.2. The fraction of sp³-hybridized carbons (Fsp3) is 0.176. The van der Waals surface area contributed by atoms with Crippen LogP contribution in [0.25, 0.3) is 0 Å². The van der Waals surface area contributed by atoms with Gasteiger partial charge in [-0.2, -0.15) is 0 Å². The maximum absolute atomic E-state index is 12.0. The van der Waals surface area contributed by atoms with Crippen LogP contribution >= 0.6 is 15.9 Å². The highest BCUT2D eigenvalue weighted by molar-refractivity contribution is 9.10. The molecule has 0 heterocycles. The lowest BCUT2D eigenvalue weighted by atomic mass is 10.1. The Labute approximate surface area is 137 Å². The average Bonchev–Trinajstić information content (AvgIpc) is 2.50. The minimum absolute atomic E-state index is 0.372. The van der Waals surface area contributed by atoms with Gasteiger partial charge in [0.1, 0.15) is 0 Å². The molecule has 0 aliphatic heterocycles. The quantitative estimate of drug-likeness (QED) is 0.839. The predicted molar refractivity (Wildman–Crippen MR) is 88.8 cm³/mol. The van der Waals surface area contributed by atoms with Crippen LogP contribution in [0.15, 0.2) is 53.0 Å². The van der Waals surface area contributed by atoms with Crippen molar-refractivity contribution in [1.82, 2.24) is 0 Å². The Kier molecular flexibility index (Phi) is 5.33. The molecule has 2 rings (SSSR count). The van der Waals surface area contributed by atoms with Crippen LogP contribution in [0.4, 0.5) is 5.69 Å². The highest BCUT2D eigenvalue weighted by atomic mass is 79.9. The predicted octanol–water partition coefficient (Wildman–Crippen LogP) is 3.94. The summed E-state index contributed by atoms with van der Waals surface area (Å²) in [6, 6.07) is 14.2. The molecule has 0 radical (unpaired) electrons. The maximum atomic E-state index is 12.0. The Morgan fingerprint density at radius 1 is 1.05 bits per heavy atom. The van der Waals surface area contributed by atoms with Gasteiger partial charge < -0.3 is 10.1 Å². The number of nitrogens with one attached hydrogen (secondary N) is 1. The van der Waals surface area contributed by atoms with Gasteiger partial charge in [-0.05, 0) is 50.2 Å². The molecule has 22 heavy (non-hydrogen) atoms. The van der Waals surface area contributed by atoms with E-state index in [9.17, 15) is 9.59 Å². The van der Waals surface area contributed by atoms with Crippen LogP contribution in [0, 0.1) is 6.92 Å². The first-order chi connectivity index (χ1) is 10.5. The largest absolute Gasteiger partial charge is 0.449 e. The van der Waals surface area contributed by atoms with E-state index >= 15 is 0 Å². The van der Waals surface area contributed by atoms with E-state index in [1.54, 1.807) is 31.2 Å². The van der Waals surface area contributed by atoms with E-state index in [2.05, 4.69) is 21.2 Å². The van der Waals surface area contributed by atoms with E-state index in [-0.39, 0.29) is 5.91 Å². The third-order valence-electron chi connectivity index (χ3n) is 3.05. The van der Waals surface area contributed by atoms with Gasteiger partial charge in [0.2, 0.25) is 0 Å². The summed E-state index contributed by atoms with van der Waals surface area (Å²) in [4.78, 5) is 24.0. The highest BCUT2D eigenvalue weighted by Crippen LogP contribution is 2.15. The number of benzene rings is 2. The molecule has 1 amide bonds. The maximum Gasteiger partial charge on any atom is 0.338 e. The zero-order valence-corrected chi connectivity index (χ0v) is 13.9. The van der Waals surface area contributed by atoms with E-state index in [1.807, 2.05) is 31.2 Å². The van der Waals surface area contributed by atoms with Gasteiger partial charge in [-0.15, -0.1) is 0 Å². The molecule has 5 heteroatoms. The smallest absolute Gasteiger partial charge is 0.338 e. The van der Waals surface area contributed by atoms with E-state index in [0.717, 1.165) is 10.0 Å². The summed E-state index contributed by atoms with van der Waals surface area (Å²) < 4.78 is 6.09. The number of aryl methyl sites for hydroxylation is 1. The van der Waals surface area contributed by atoms with E-state index in [4.69, 9.17) is 4.74 Å². The number of halogens is 1. The number of hydrogen-bond acceptors (Lipinski definition) is 3. The van der Waals surface area contributed by atoms with Gasteiger partial charge in [0.25, 0.3) is 5.91 Å². The molecule has 0 aliphatic rings. The molecule has 1 atom stereocenters. The van der Waals surface area contributed by atoms with Crippen molar-refractivity contribution in [3.8, 4) is 0 Å². The Hall–Kier alpha value is -2.14. The molecule has 0 aromatic heterocycles. The number of rotatable bonds is 4. The number of carbonyl (C=O) groups excluding carboxylic acids is 2. The second-order valence-electron chi connectivity index (χ2n) is 4.91. The lowest BCUT2D eigenvalue weighted by molar-refractivity contribution is -0.123. The standard InChI is InChI=1S/C17H16BrNO3/c1-11-3-5-13(6-4-11)17(21)22-12(2)16(20)19-15-9-7-14(18)8-10-15/h3-10,12H,1-2H3,(H,19,20)/t12-/m1/s1. The Bertz CT molecular complexity index is 665. The van der Waals surface area contributed by atoms with Crippen molar-refractivity contribution in [2.24, 2.45) is 0 Å². The third kappa shape index (κ3) is 4.43.